The molecule has 0 spiro atoms. The molecule has 7 nitrogen and oxygen atoms in total. The van der Waals surface area contributed by atoms with Crippen LogP contribution in [0, 0.1) is 5.92 Å². The Morgan fingerprint density at radius 2 is 1.94 bits per heavy atom. The van der Waals surface area contributed by atoms with Crippen LogP contribution in [0.25, 0.3) is 0 Å². The number of benzene rings is 2. The van der Waals surface area contributed by atoms with Gasteiger partial charge in [0.2, 0.25) is 15.9 Å². The van der Waals surface area contributed by atoms with E-state index >= 15 is 0 Å². The van der Waals surface area contributed by atoms with Gasteiger partial charge in [-0.15, -0.1) is 0 Å². The van der Waals surface area contributed by atoms with Crippen LogP contribution in [0.4, 0.5) is 0 Å². The van der Waals surface area contributed by atoms with Crippen molar-refractivity contribution in [2.45, 2.75) is 23.8 Å². The van der Waals surface area contributed by atoms with E-state index in [1.165, 1.54) is 28.2 Å². The van der Waals surface area contributed by atoms with Crippen molar-refractivity contribution in [1.29, 1.82) is 0 Å². The fourth-order valence-corrected chi connectivity index (χ4v) is 5.25. The van der Waals surface area contributed by atoms with Gasteiger partial charge in [-0.3, -0.25) is 9.48 Å². The summed E-state index contributed by atoms with van der Waals surface area (Å²) < 4.78 is 30.3. The van der Waals surface area contributed by atoms with E-state index in [0.717, 1.165) is 10.0 Å². The molecule has 0 aliphatic heterocycles. The number of sulfonamides is 1. The standard InChI is InChI=1S/C22H23BrN4O3S/c1-27-14-20(12-24-27)31(29,30)25-13-21(15-5-3-2-4-6-15)26-22(28)18-9-16-7-8-19(23)11-17(16)10-18/h2-8,11-12,14,18,21,25H,9-10,13H2,1H3,(H,26,28). The minimum absolute atomic E-state index is 0.0399. The Hall–Kier alpha value is -2.49. The molecule has 2 N–H and O–H groups in total. The maximum absolute atomic E-state index is 13.1. The molecule has 2 aromatic carbocycles. The number of hydrogen-bond donors (Lipinski definition) is 2. The van der Waals surface area contributed by atoms with Crippen LogP contribution in [0.15, 0.2) is 70.3 Å². The number of amides is 1. The number of carbonyl (C=O) groups is 1. The quantitative estimate of drug-likeness (QED) is 0.519. The van der Waals surface area contributed by atoms with E-state index in [4.69, 9.17) is 0 Å². The number of rotatable bonds is 7. The van der Waals surface area contributed by atoms with Crippen LogP contribution in [0.5, 0.6) is 0 Å². The van der Waals surface area contributed by atoms with Crippen LogP contribution < -0.4 is 10.0 Å². The molecule has 0 radical (unpaired) electrons. The van der Waals surface area contributed by atoms with E-state index in [1.54, 1.807) is 7.05 Å². The van der Waals surface area contributed by atoms with Crippen molar-refractivity contribution < 1.29 is 13.2 Å². The van der Waals surface area contributed by atoms with Crippen molar-refractivity contribution in [2.24, 2.45) is 13.0 Å². The molecule has 9 heteroatoms. The highest BCUT2D eigenvalue weighted by atomic mass is 79.9. The summed E-state index contributed by atoms with van der Waals surface area (Å²) in [5.74, 6) is -0.257. The lowest BCUT2D eigenvalue weighted by molar-refractivity contribution is -0.125. The maximum Gasteiger partial charge on any atom is 0.243 e. The Morgan fingerprint density at radius 3 is 2.65 bits per heavy atom. The Kier molecular flexibility index (Phi) is 6.27. The van der Waals surface area contributed by atoms with Gasteiger partial charge in [0.15, 0.2) is 0 Å². The number of nitrogens with one attached hydrogen (secondary N) is 2. The first-order valence-corrected chi connectivity index (χ1v) is 12.2. The van der Waals surface area contributed by atoms with E-state index in [1.807, 2.05) is 42.5 Å². The highest BCUT2D eigenvalue weighted by molar-refractivity contribution is 9.10. The fourth-order valence-electron chi connectivity index (χ4n) is 3.81. The molecule has 4 rings (SSSR count). The number of halogens is 1. The molecule has 2 unspecified atom stereocenters. The molecule has 1 amide bonds. The minimum atomic E-state index is -3.74. The normalized spacial score (nSPS) is 16.6. The lowest BCUT2D eigenvalue weighted by Gasteiger charge is -2.22. The van der Waals surface area contributed by atoms with E-state index in [0.29, 0.717) is 12.8 Å². The molecule has 0 saturated carbocycles. The lowest BCUT2D eigenvalue weighted by atomic mass is 10.0. The molecule has 1 aromatic heterocycles. The van der Waals surface area contributed by atoms with E-state index in [-0.39, 0.29) is 23.3 Å². The summed E-state index contributed by atoms with van der Waals surface area (Å²) in [5.41, 5.74) is 3.18. The average Bonchev–Trinajstić information content (AvgIpc) is 3.38. The van der Waals surface area contributed by atoms with Crippen molar-refractivity contribution in [2.75, 3.05) is 6.54 Å². The van der Waals surface area contributed by atoms with Gasteiger partial charge in [0.05, 0.1) is 12.2 Å². The number of aryl methyl sites for hydroxylation is 1. The molecule has 1 heterocycles. The molecule has 3 aromatic rings. The second kappa shape index (κ2) is 8.94. The van der Waals surface area contributed by atoms with Crippen molar-refractivity contribution in [3.63, 3.8) is 0 Å². The van der Waals surface area contributed by atoms with Crippen molar-refractivity contribution in [3.05, 3.63) is 82.1 Å². The van der Waals surface area contributed by atoms with Crippen molar-refractivity contribution in [1.82, 2.24) is 19.8 Å². The Labute approximate surface area is 190 Å². The second-order valence-corrected chi connectivity index (χ2v) is 10.4. The second-order valence-electron chi connectivity index (χ2n) is 7.69. The molecule has 1 aliphatic rings. The molecule has 1 aliphatic carbocycles. The Morgan fingerprint density at radius 1 is 1.19 bits per heavy atom. The monoisotopic (exact) mass is 502 g/mol. The van der Waals surface area contributed by atoms with Gasteiger partial charge in [0.25, 0.3) is 0 Å². The molecular weight excluding hydrogens is 480 g/mol. The molecule has 162 valence electrons. The molecule has 0 bridgehead atoms. The summed E-state index contributed by atoms with van der Waals surface area (Å²) in [6, 6.07) is 15.0. The highest BCUT2D eigenvalue weighted by Gasteiger charge is 2.29. The molecule has 0 fully saturated rings. The third kappa shape index (κ3) is 5.06. The smallest absolute Gasteiger partial charge is 0.243 e. The molecule has 2 atom stereocenters. The molecule has 31 heavy (non-hydrogen) atoms. The molecule has 0 saturated heterocycles. The topological polar surface area (TPSA) is 93.1 Å². The number of nitrogens with zero attached hydrogens (tertiary/aromatic N) is 2. The highest BCUT2D eigenvalue weighted by Crippen LogP contribution is 2.30. The summed E-state index contributed by atoms with van der Waals surface area (Å²) in [6.07, 6.45) is 4.08. The first kappa shape index (κ1) is 21.7. The third-order valence-electron chi connectivity index (χ3n) is 5.46. The van der Waals surface area contributed by atoms with Gasteiger partial charge in [-0.05, 0) is 41.7 Å². The summed E-state index contributed by atoms with van der Waals surface area (Å²) in [7, 11) is -2.08. The predicted molar refractivity (Wildman–Crippen MR) is 121 cm³/mol. The first-order chi connectivity index (χ1) is 14.8. The number of fused-ring (bicyclic) bond motifs is 1. The SMILES string of the molecule is Cn1cc(S(=O)(=O)NCC(NC(=O)C2Cc3ccc(Br)cc3C2)c2ccccc2)cn1. The summed E-state index contributed by atoms with van der Waals surface area (Å²) in [5, 5.41) is 6.97. The van der Waals surface area contributed by atoms with Gasteiger partial charge in [-0.25, -0.2) is 13.1 Å². The lowest BCUT2D eigenvalue weighted by Crippen LogP contribution is -2.40. The van der Waals surface area contributed by atoms with Crippen molar-refractivity contribution in [3.8, 4) is 0 Å². The fraction of sp³-hybridized carbons (Fsp3) is 0.273. The van der Waals surface area contributed by atoms with Gasteiger partial charge in [-0.1, -0.05) is 52.3 Å². The predicted octanol–water partition coefficient (Wildman–Crippen LogP) is 2.73. The van der Waals surface area contributed by atoms with Crippen LogP contribution >= 0.6 is 15.9 Å². The number of hydrogen-bond acceptors (Lipinski definition) is 4. The average molecular weight is 503 g/mol. The van der Waals surface area contributed by atoms with Crippen LogP contribution in [0.3, 0.4) is 0 Å². The van der Waals surface area contributed by atoms with Crippen LogP contribution in [-0.4, -0.2) is 30.7 Å². The molecular formula is C22H23BrN4O3S. The van der Waals surface area contributed by atoms with Crippen LogP contribution in [-0.2, 0) is 34.7 Å². The minimum Gasteiger partial charge on any atom is -0.348 e. The van der Waals surface area contributed by atoms with Gasteiger partial charge in [-0.2, -0.15) is 5.10 Å². The third-order valence-corrected chi connectivity index (χ3v) is 7.33. The van der Waals surface area contributed by atoms with Crippen LogP contribution in [0.2, 0.25) is 0 Å². The zero-order valence-corrected chi connectivity index (χ0v) is 19.4. The first-order valence-electron chi connectivity index (χ1n) is 9.93. The largest absolute Gasteiger partial charge is 0.348 e. The summed E-state index contributed by atoms with van der Waals surface area (Å²) in [6.45, 7) is 0.0399. The van der Waals surface area contributed by atoms with Gasteiger partial charge >= 0.3 is 0 Å². The zero-order chi connectivity index (χ0) is 22.0. The number of carbonyl (C=O) groups excluding carboxylic acids is 1. The zero-order valence-electron chi connectivity index (χ0n) is 17.0. The van der Waals surface area contributed by atoms with E-state index in [2.05, 4.69) is 37.1 Å². The maximum atomic E-state index is 13.1. The van der Waals surface area contributed by atoms with E-state index < -0.39 is 16.1 Å². The van der Waals surface area contributed by atoms with Gasteiger partial charge in [0, 0.05) is 30.2 Å². The van der Waals surface area contributed by atoms with Crippen molar-refractivity contribution >= 4 is 31.9 Å². The van der Waals surface area contributed by atoms with Gasteiger partial charge < -0.3 is 5.32 Å². The summed E-state index contributed by atoms with van der Waals surface area (Å²) >= 11 is 3.48. The summed E-state index contributed by atoms with van der Waals surface area (Å²) in [4.78, 5) is 13.2. The Balaban J connectivity index is 1.48. The van der Waals surface area contributed by atoms with Gasteiger partial charge in [0.1, 0.15) is 4.90 Å². The van der Waals surface area contributed by atoms with E-state index in [9.17, 15) is 13.2 Å². The number of aromatic nitrogens is 2. The Bertz CT molecular complexity index is 1190. The van der Waals surface area contributed by atoms with Crippen LogP contribution in [0.1, 0.15) is 22.7 Å².